The third-order valence-corrected chi connectivity index (χ3v) is 4.73. The Labute approximate surface area is 132 Å². The van der Waals surface area contributed by atoms with Gasteiger partial charge in [-0.15, -0.1) is 11.8 Å². The Morgan fingerprint density at radius 1 is 1.38 bits per heavy atom. The lowest BCUT2D eigenvalue weighted by Gasteiger charge is -2.26. The number of hydrogen-bond donors (Lipinski definition) is 1. The molecule has 0 saturated heterocycles. The molecular weight excluding hydrogens is 285 g/mol. The summed E-state index contributed by atoms with van der Waals surface area (Å²) in [6, 6.07) is 7.23. The normalized spacial score (nSPS) is 13.4. The van der Waals surface area contributed by atoms with Gasteiger partial charge in [-0.1, -0.05) is 13.0 Å². The van der Waals surface area contributed by atoms with Crippen molar-refractivity contribution in [3.8, 4) is 0 Å². The smallest absolute Gasteiger partial charge is 0.124 e. The van der Waals surface area contributed by atoms with Crippen molar-refractivity contribution in [2.75, 3.05) is 19.4 Å². The first-order valence-corrected chi connectivity index (χ1v) is 8.62. The number of thioether (sulfide) groups is 1. The van der Waals surface area contributed by atoms with Crippen LogP contribution in [0.15, 0.2) is 29.2 Å². The first kappa shape index (κ1) is 18.5. The van der Waals surface area contributed by atoms with Crippen LogP contribution < -0.4 is 5.32 Å². The molecule has 1 unspecified atom stereocenters. The molecule has 0 aliphatic rings. The van der Waals surface area contributed by atoms with Crippen molar-refractivity contribution in [2.45, 2.75) is 56.6 Å². The third-order valence-electron chi connectivity index (χ3n) is 3.58. The first-order chi connectivity index (χ1) is 9.96. The standard InChI is InChI=1S/C17H28FNOS/c1-5-11-19-15(9-10-17(2,3)20-4)13-21-16-8-6-7-14(18)12-16/h6-8,12,15,19H,5,9-11,13H2,1-4H3. The Balaban J connectivity index is 2.49. The summed E-state index contributed by atoms with van der Waals surface area (Å²) >= 11 is 1.71. The molecule has 1 rings (SSSR count). The van der Waals surface area contributed by atoms with E-state index in [0.29, 0.717) is 6.04 Å². The second-order valence-electron chi connectivity index (χ2n) is 5.92. The van der Waals surface area contributed by atoms with E-state index in [2.05, 4.69) is 26.1 Å². The SMILES string of the molecule is CCCNC(CCC(C)(C)OC)CSc1cccc(F)c1. The van der Waals surface area contributed by atoms with Crippen LogP contribution in [0.2, 0.25) is 0 Å². The van der Waals surface area contributed by atoms with E-state index < -0.39 is 0 Å². The van der Waals surface area contributed by atoms with E-state index in [9.17, 15) is 4.39 Å². The fourth-order valence-corrected chi connectivity index (χ4v) is 3.02. The largest absolute Gasteiger partial charge is 0.379 e. The molecule has 0 radical (unpaired) electrons. The van der Waals surface area contributed by atoms with Crippen LogP contribution in [-0.2, 0) is 4.74 Å². The molecule has 0 amide bonds. The van der Waals surface area contributed by atoms with Crippen molar-refractivity contribution in [3.63, 3.8) is 0 Å². The van der Waals surface area contributed by atoms with Crippen LogP contribution in [0.5, 0.6) is 0 Å². The van der Waals surface area contributed by atoms with E-state index in [0.717, 1.165) is 36.5 Å². The highest BCUT2D eigenvalue weighted by molar-refractivity contribution is 7.99. The number of rotatable bonds is 10. The van der Waals surface area contributed by atoms with E-state index in [1.807, 2.05) is 6.07 Å². The van der Waals surface area contributed by atoms with Gasteiger partial charge in [0.2, 0.25) is 0 Å². The van der Waals surface area contributed by atoms with E-state index >= 15 is 0 Å². The van der Waals surface area contributed by atoms with Crippen molar-refractivity contribution < 1.29 is 9.13 Å². The van der Waals surface area contributed by atoms with Crippen LogP contribution in [0.3, 0.4) is 0 Å². The molecule has 1 aromatic carbocycles. The quantitative estimate of drug-likeness (QED) is 0.643. The van der Waals surface area contributed by atoms with Gasteiger partial charge in [0.15, 0.2) is 0 Å². The molecule has 0 aliphatic heterocycles. The lowest BCUT2D eigenvalue weighted by molar-refractivity contribution is 0.0122. The maximum atomic E-state index is 13.2. The molecule has 21 heavy (non-hydrogen) atoms. The fraction of sp³-hybridized carbons (Fsp3) is 0.647. The summed E-state index contributed by atoms with van der Waals surface area (Å²) in [5.74, 6) is 0.780. The van der Waals surface area contributed by atoms with E-state index in [4.69, 9.17) is 4.74 Å². The zero-order chi connectivity index (χ0) is 15.7. The monoisotopic (exact) mass is 313 g/mol. The Bertz CT molecular complexity index is 412. The van der Waals surface area contributed by atoms with Gasteiger partial charge in [-0.2, -0.15) is 0 Å². The molecule has 0 fully saturated rings. The average molecular weight is 313 g/mol. The molecule has 0 bridgehead atoms. The zero-order valence-corrected chi connectivity index (χ0v) is 14.4. The lowest BCUT2D eigenvalue weighted by Crippen LogP contribution is -2.34. The Hall–Kier alpha value is -0.580. The van der Waals surface area contributed by atoms with Crippen molar-refractivity contribution in [3.05, 3.63) is 30.1 Å². The fourth-order valence-electron chi connectivity index (χ4n) is 1.97. The summed E-state index contributed by atoms with van der Waals surface area (Å²) in [4.78, 5) is 0.990. The summed E-state index contributed by atoms with van der Waals surface area (Å²) < 4.78 is 18.7. The van der Waals surface area contributed by atoms with Crippen LogP contribution in [0, 0.1) is 5.82 Å². The van der Waals surface area contributed by atoms with Gasteiger partial charge in [-0.3, -0.25) is 0 Å². The van der Waals surface area contributed by atoms with Gasteiger partial charge in [0.1, 0.15) is 5.82 Å². The summed E-state index contributed by atoms with van der Waals surface area (Å²) in [5.41, 5.74) is -0.0876. The minimum absolute atomic E-state index is 0.0876. The number of ether oxygens (including phenoxy) is 1. The Kier molecular flexibility index (Phi) is 8.30. The summed E-state index contributed by atoms with van der Waals surface area (Å²) in [6.45, 7) is 7.41. The van der Waals surface area contributed by atoms with Crippen molar-refractivity contribution in [1.82, 2.24) is 5.32 Å². The summed E-state index contributed by atoms with van der Waals surface area (Å²) in [6.07, 6.45) is 3.19. The molecule has 1 aromatic rings. The van der Waals surface area contributed by atoms with Crippen LogP contribution in [0.4, 0.5) is 4.39 Å². The average Bonchev–Trinajstić information content (AvgIpc) is 2.46. The van der Waals surface area contributed by atoms with Gasteiger partial charge in [-0.25, -0.2) is 4.39 Å². The highest BCUT2D eigenvalue weighted by Crippen LogP contribution is 2.23. The Morgan fingerprint density at radius 2 is 2.14 bits per heavy atom. The molecule has 0 heterocycles. The van der Waals surface area contributed by atoms with Gasteiger partial charge in [-0.05, 0) is 57.9 Å². The molecule has 0 spiro atoms. The predicted octanol–water partition coefficient (Wildman–Crippen LogP) is 4.49. The maximum Gasteiger partial charge on any atom is 0.124 e. The van der Waals surface area contributed by atoms with Gasteiger partial charge in [0, 0.05) is 23.8 Å². The minimum atomic E-state index is -0.168. The number of nitrogens with one attached hydrogen (secondary N) is 1. The number of benzene rings is 1. The second-order valence-corrected chi connectivity index (χ2v) is 7.02. The van der Waals surface area contributed by atoms with E-state index in [1.165, 1.54) is 6.07 Å². The molecule has 1 atom stereocenters. The van der Waals surface area contributed by atoms with Crippen molar-refractivity contribution in [2.24, 2.45) is 0 Å². The highest BCUT2D eigenvalue weighted by Gasteiger charge is 2.19. The van der Waals surface area contributed by atoms with Gasteiger partial charge in [0.25, 0.3) is 0 Å². The first-order valence-electron chi connectivity index (χ1n) is 7.63. The highest BCUT2D eigenvalue weighted by atomic mass is 32.2. The Morgan fingerprint density at radius 3 is 2.76 bits per heavy atom. The van der Waals surface area contributed by atoms with Gasteiger partial charge < -0.3 is 10.1 Å². The van der Waals surface area contributed by atoms with Crippen LogP contribution in [0.1, 0.15) is 40.0 Å². The van der Waals surface area contributed by atoms with Gasteiger partial charge >= 0.3 is 0 Å². The second kappa shape index (κ2) is 9.44. The summed E-state index contributed by atoms with van der Waals surface area (Å²) in [7, 11) is 1.76. The van der Waals surface area contributed by atoms with E-state index in [1.54, 1.807) is 31.0 Å². The third kappa shape index (κ3) is 7.84. The van der Waals surface area contributed by atoms with E-state index in [-0.39, 0.29) is 11.4 Å². The maximum absolute atomic E-state index is 13.2. The topological polar surface area (TPSA) is 21.3 Å². The number of hydrogen-bond acceptors (Lipinski definition) is 3. The molecular formula is C17H28FNOS. The molecule has 0 aliphatic carbocycles. The van der Waals surface area contributed by atoms with Crippen molar-refractivity contribution >= 4 is 11.8 Å². The van der Waals surface area contributed by atoms with Gasteiger partial charge in [0.05, 0.1) is 5.60 Å². The van der Waals surface area contributed by atoms with Crippen LogP contribution in [-0.4, -0.2) is 31.1 Å². The lowest BCUT2D eigenvalue weighted by atomic mass is 9.99. The molecule has 0 saturated carbocycles. The molecule has 4 heteroatoms. The molecule has 1 N–H and O–H groups in total. The van der Waals surface area contributed by atoms with Crippen LogP contribution >= 0.6 is 11.8 Å². The van der Waals surface area contributed by atoms with Crippen molar-refractivity contribution in [1.29, 1.82) is 0 Å². The number of halogens is 1. The summed E-state index contributed by atoms with van der Waals surface area (Å²) in [5, 5.41) is 3.58. The molecule has 2 nitrogen and oxygen atoms in total. The minimum Gasteiger partial charge on any atom is -0.379 e. The molecule has 0 aromatic heterocycles. The molecule has 120 valence electrons. The number of methoxy groups -OCH3 is 1. The predicted molar refractivity (Wildman–Crippen MR) is 89.5 cm³/mol. The van der Waals surface area contributed by atoms with Crippen LogP contribution in [0.25, 0.3) is 0 Å². The zero-order valence-electron chi connectivity index (χ0n) is 13.6.